The minimum Gasteiger partial charge on any atom is -0.298 e. The van der Waals surface area contributed by atoms with Gasteiger partial charge in [0.15, 0.2) is 6.29 Å². The SMILES string of the molecule is CSc1cc(SC)c(C=O)cn1. The van der Waals surface area contributed by atoms with Crippen molar-refractivity contribution in [3.05, 3.63) is 17.8 Å². The zero-order chi connectivity index (χ0) is 8.97. The fourth-order valence-electron chi connectivity index (χ4n) is 0.806. The van der Waals surface area contributed by atoms with Gasteiger partial charge in [0.2, 0.25) is 0 Å². The van der Waals surface area contributed by atoms with Gasteiger partial charge in [-0.2, -0.15) is 0 Å². The third kappa shape index (κ3) is 2.01. The Labute approximate surface area is 80.2 Å². The number of aromatic nitrogens is 1. The van der Waals surface area contributed by atoms with Crippen LogP contribution in [0.2, 0.25) is 0 Å². The number of thioether (sulfide) groups is 2. The molecule has 0 N–H and O–H groups in total. The van der Waals surface area contributed by atoms with E-state index in [4.69, 9.17) is 0 Å². The van der Waals surface area contributed by atoms with E-state index in [1.807, 2.05) is 18.6 Å². The van der Waals surface area contributed by atoms with Gasteiger partial charge in [0.1, 0.15) is 0 Å². The van der Waals surface area contributed by atoms with Crippen molar-refractivity contribution < 1.29 is 4.79 Å². The van der Waals surface area contributed by atoms with E-state index in [1.165, 1.54) is 0 Å². The van der Waals surface area contributed by atoms with Crippen LogP contribution in [0.15, 0.2) is 22.2 Å². The van der Waals surface area contributed by atoms with Crippen molar-refractivity contribution in [1.29, 1.82) is 0 Å². The minimum atomic E-state index is 0.667. The van der Waals surface area contributed by atoms with Crippen LogP contribution < -0.4 is 0 Å². The predicted octanol–water partition coefficient (Wildman–Crippen LogP) is 2.34. The number of pyridine rings is 1. The standard InChI is InChI=1S/C8H9NOS2/c1-11-7-3-8(12-2)9-4-6(7)5-10/h3-5H,1-2H3. The molecule has 1 aromatic rings. The Balaban J connectivity index is 3.10. The molecule has 0 radical (unpaired) electrons. The van der Waals surface area contributed by atoms with Gasteiger partial charge in [-0.1, -0.05) is 0 Å². The Morgan fingerprint density at radius 3 is 2.67 bits per heavy atom. The Morgan fingerprint density at radius 1 is 1.42 bits per heavy atom. The van der Waals surface area contributed by atoms with E-state index >= 15 is 0 Å². The predicted molar refractivity (Wildman–Crippen MR) is 53.2 cm³/mol. The van der Waals surface area contributed by atoms with Crippen molar-refractivity contribution in [3.63, 3.8) is 0 Å². The molecule has 0 fully saturated rings. The largest absolute Gasteiger partial charge is 0.298 e. The molecule has 2 nitrogen and oxygen atoms in total. The van der Waals surface area contributed by atoms with Crippen LogP contribution in [0, 0.1) is 0 Å². The van der Waals surface area contributed by atoms with E-state index in [2.05, 4.69) is 4.98 Å². The minimum absolute atomic E-state index is 0.667. The summed E-state index contributed by atoms with van der Waals surface area (Å²) in [5, 5.41) is 0.949. The fourth-order valence-corrected chi connectivity index (χ4v) is 1.84. The Bertz CT molecular complexity index is 288. The highest BCUT2D eigenvalue weighted by Crippen LogP contribution is 2.22. The quantitative estimate of drug-likeness (QED) is 0.552. The Kier molecular flexibility index (Phi) is 3.62. The topological polar surface area (TPSA) is 30.0 Å². The first kappa shape index (κ1) is 9.61. The molecule has 0 spiro atoms. The molecule has 0 bridgehead atoms. The van der Waals surface area contributed by atoms with Gasteiger partial charge in [-0.25, -0.2) is 4.98 Å². The van der Waals surface area contributed by atoms with Crippen molar-refractivity contribution in [1.82, 2.24) is 4.98 Å². The van der Waals surface area contributed by atoms with Gasteiger partial charge in [-0.15, -0.1) is 23.5 Å². The molecule has 1 rings (SSSR count). The highest BCUT2D eigenvalue weighted by Gasteiger charge is 2.01. The van der Waals surface area contributed by atoms with Gasteiger partial charge in [-0.05, 0) is 18.6 Å². The Hall–Kier alpha value is -0.480. The maximum atomic E-state index is 10.5. The molecular formula is C8H9NOS2. The van der Waals surface area contributed by atoms with Crippen LogP contribution in [-0.2, 0) is 0 Å². The molecule has 0 aromatic carbocycles. The van der Waals surface area contributed by atoms with E-state index < -0.39 is 0 Å². The van der Waals surface area contributed by atoms with Crippen molar-refractivity contribution >= 4 is 29.8 Å². The second kappa shape index (κ2) is 4.52. The van der Waals surface area contributed by atoms with E-state index in [-0.39, 0.29) is 0 Å². The maximum absolute atomic E-state index is 10.5. The lowest BCUT2D eigenvalue weighted by Crippen LogP contribution is -1.88. The van der Waals surface area contributed by atoms with Gasteiger partial charge >= 0.3 is 0 Å². The molecule has 0 unspecified atom stereocenters. The first-order valence-electron chi connectivity index (χ1n) is 3.35. The van der Waals surface area contributed by atoms with E-state index in [9.17, 15) is 4.79 Å². The number of hydrogen-bond donors (Lipinski definition) is 0. The number of rotatable bonds is 3. The summed E-state index contributed by atoms with van der Waals surface area (Å²) in [7, 11) is 0. The first-order valence-corrected chi connectivity index (χ1v) is 5.80. The third-order valence-electron chi connectivity index (χ3n) is 1.43. The molecule has 1 heterocycles. The average molecular weight is 199 g/mol. The van der Waals surface area contributed by atoms with Crippen molar-refractivity contribution in [2.24, 2.45) is 0 Å². The summed E-state index contributed by atoms with van der Waals surface area (Å²) in [5.74, 6) is 0. The summed E-state index contributed by atoms with van der Waals surface area (Å²) in [4.78, 5) is 15.6. The average Bonchev–Trinajstić information content (AvgIpc) is 2.16. The number of hydrogen-bond acceptors (Lipinski definition) is 4. The fraction of sp³-hybridized carbons (Fsp3) is 0.250. The molecule has 0 amide bonds. The van der Waals surface area contributed by atoms with Crippen molar-refractivity contribution in [3.8, 4) is 0 Å². The molecule has 64 valence electrons. The molecule has 0 aliphatic carbocycles. The van der Waals surface area contributed by atoms with Crippen LogP contribution in [-0.4, -0.2) is 23.8 Å². The van der Waals surface area contributed by atoms with E-state index in [0.29, 0.717) is 5.56 Å². The van der Waals surface area contributed by atoms with Gasteiger partial charge in [0.05, 0.1) is 5.03 Å². The van der Waals surface area contributed by atoms with Gasteiger partial charge < -0.3 is 0 Å². The van der Waals surface area contributed by atoms with Crippen LogP contribution in [0.5, 0.6) is 0 Å². The normalized spacial score (nSPS) is 9.83. The van der Waals surface area contributed by atoms with Crippen LogP contribution in [0.1, 0.15) is 10.4 Å². The number of carbonyl (C=O) groups is 1. The summed E-state index contributed by atoms with van der Waals surface area (Å²) < 4.78 is 0. The molecular weight excluding hydrogens is 190 g/mol. The van der Waals surface area contributed by atoms with Crippen LogP contribution >= 0.6 is 23.5 Å². The lowest BCUT2D eigenvalue weighted by molar-refractivity contribution is 0.112. The van der Waals surface area contributed by atoms with E-state index in [0.717, 1.165) is 16.2 Å². The van der Waals surface area contributed by atoms with Crippen LogP contribution in [0.4, 0.5) is 0 Å². The molecule has 12 heavy (non-hydrogen) atoms. The second-order valence-corrected chi connectivity index (χ2v) is 3.76. The van der Waals surface area contributed by atoms with Gasteiger partial charge in [0, 0.05) is 16.7 Å². The first-order chi connectivity index (χ1) is 5.81. The zero-order valence-corrected chi connectivity index (χ0v) is 8.54. The molecule has 0 saturated carbocycles. The van der Waals surface area contributed by atoms with Gasteiger partial charge in [0.25, 0.3) is 0 Å². The number of nitrogens with zero attached hydrogens (tertiary/aromatic N) is 1. The third-order valence-corrected chi connectivity index (χ3v) is 2.86. The maximum Gasteiger partial charge on any atom is 0.152 e. The van der Waals surface area contributed by atoms with Crippen molar-refractivity contribution in [2.45, 2.75) is 9.92 Å². The summed E-state index contributed by atoms with van der Waals surface area (Å²) in [6.07, 6.45) is 6.37. The van der Waals surface area contributed by atoms with Crippen LogP contribution in [0.25, 0.3) is 0 Å². The number of carbonyl (C=O) groups excluding carboxylic acids is 1. The smallest absolute Gasteiger partial charge is 0.152 e. The molecule has 0 saturated heterocycles. The second-order valence-electron chi connectivity index (χ2n) is 2.09. The Morgan fingerprint density at radius 2 is 2.17 bits per heavy atom. The lowest BCUT2D eigenvalue weighted by atomic mass is 10.3. The monoisotopic (exact) mass is 199 g/mol. The van der Waals surface area contributed by atoms with Crippen molar-refractivity contribution in [2.75, 3.05) is 12.5 Å². The summed E-state index contributed by atoms with van der Waals surface area (Å²) in [5.41, 5.74) is 0.667. The molecule has 0 aliphatic rings. The van der Waals surface area contributed by atoms with Crippen LogP contribution in [0.3, 0.4) is 0 Å². The highest BCUT2D eigenvalue weighted by atomic mass is 32.2. The number of aldehydes is 1. The summed E-state index contributed by atoms with van der Waals surface area (Å²) in [6.45, 7) is 0. The molecule has 0 atom stereocenters. The van der Waals surface area contributed by atoms with E-state index in [1.54, 1.807) is 29.7 Å². The molecule has 1 aromatic heterocycles. The van der Waals surface area contributed by atoms with Gasteiger partial charge in [-0.3, -0.25) is 4.79 Å². The zero-order valence-electron chi connectivity index (χ0n) is 6.90. The molecule has 4 heteroatoms. The summed E-state index contributed by atoms with van der Waals surface area (Å²) >= 11 is 3.14. The highest BCUT2D eigenvalue weighted by molar-refractivity contribution is 7.99. The summed E-state index contributed by atoms with van der Waals surface area (Å²) in [6, 6.07) is 1.93. The molecule has 0 aliphatic heterocycles. The lowest BCUT2D eigenvalue weighted by Gasteiger charge is -2.01.